The highest BCUT2D eigenvalue weighted by atomic mass is 32.2. The van der Waals surface area contributed by atoms with Crippen LogP contribution in [-0.4, -0.2) is 33.8 Å². The molecule has 0 spiro atoms. The second kappa shape index (κ2) is 9.42. The fourth-order valence-corrected chi connectivity index (χ4v) is 4.54. The molecule has 0 aliphatic rings. The molecule has 9 heteroatoms. The number of benzene rings is 2. The van der Waals surface area contributed by atoms with Crippen molar-refractivity contribution in [2.45, 2.75) is 50.7 Å². The van der Waals surface area contributed by atoms with E-state index in [2.05, 4.69) is 27.1 Å². The Morgan fingerprint density at radius 1 is 1.03 bits per heavy atom. The Labute approximate surface area is 198 Å². The van der Waals surface area contributed by atoms with Crippen LogP contribution in [0.4, 0.5) is 4.39 Å². The van der Waals surface area contributed by atoms with E-state index in [4.69, 9.17) is 4.42 Å². The molecule has 0 aliphatic heterocycles. The number of hydrogen-bond donors (Lipinski definition) is 0. The SMILES string of the molecule is CCCc1ccc(-c2nnc(-c3nc(-c4ccc(S(=O)(=O)C(C)C)cc4F)cnc3C)o2)cc1. The quantitative estimate of drug-likeness (QED) is 0.347. The van der Waals surface area contributed by atoms with Crippen molar-refractivity contribution < 1.29 is 17.2 Å². The lowest BCUT2D eigenvalue weighted by Gasteiger charge is -2.10. The predicted molar refractivity (Wildman–Crippen MR) is 127 cm³/mol. The first-order valence-electron chi connectivity index (χ1n) is 11.0. The summed E-state index contributed by atoms with van der Waals surface area (Å²) in [6, 6.07) is 11.7. The summed E-state index contributed by atoms with van der Waals surface area (Å²) in [5.41, 5.74) is 3.25. The fraction of sp³-hybridized carbons (Fsp3) is 0.280. The maximum absolute atomic E-state index is 14.9. The Morgan fingerprint density at radius 2 is 1.74 bits per heavy atom. The third-order valence-electron chi connectivity index (χ3n) is 5.49. The average molecular weight is 481 g/mol. The Hall–Kier alpha value is -3.46. The summed E-state index contributed by atoms with van der Waals surface area (Å²) >= 11 is 0. The van der Waals surface area contributed by atoms with Gasteiger partial charge in [0.1, 0.15) is 11.5 Å². The molecule has 4 rings (SSSR count). The Morgan fingerprint density at radius 3 is 2.38 bits per heavy atom. The van der Waals surface area contributed by atoms with Gasteiger partial charge in [-0.25, -0.2) is 17.8 Å². The average Bonchev–Trinajstić information content (AvgIpc) is 3.30. The molecule has 0 N–H and O–H groups in total. The third-order valence-corrected chi connectivity index (χ3v) is 7.64. The molecule has 2 aromatic heterocycles. The zero-order chi connectivity index (χ0) is 24.5. The van der Waals surface area contributed by atoms with Gasteiger partial charge in [0.25, 0.3) is 5.89 Å². The molecule has 0 saturated heterocycles. The van der Waals surface area contributed by atoms with Crippen LogP contribution in [0.25, 0.3) is 34.3 Å². The molecular formula is C25H25FN4O3S. The first-order chi connectivity index (χ1) is 16.2. The molecular weight excluding hydrogens is 455 g/mol. The van der Waals surface area contributed by atoms with E-state index in [1.807, 2.05) is 24.3 Å². The van der Waals surface area contributed by atoms with Gasteiger partial charge in [0.05, 0.1) is 27.7 Å². The van der Waals surface area contributed by atoms with E-state index < -0.39 is 20.9 Å². The van der Waals surface area contributed by atoms with Gasteiger partial charge in [0.2, 0.25) is 5.89 Å². The number of halogens is 1. The Balaban J connectivity index is 1.67. The molecule has 4 aromatic rings. The normalized spacial score (nSPS) is 11.8. The molecule has 0 aliphatic carbocycles. The van der Waals surface area contributed by atoms with Crippen molar-refractivity contribution in [1.82, 2.24) is 20.2 Å². The first kappa shape index (κ1) is 23.7. The molecule has 0 radical (unpaired) electrons. The molecule has 0 fully saturated rings. The summed E-state index contributed by atoms with van der Waals surface area (Å²) in [5, 5.41) is 7.59. The molecule has 0 saturated carbocycles. The van der Waals surface area contributed by atoms with E-state index >= 15 is 0 Å². The Bertz CT molecular complexity index is 1430. The zero-order valence-corrected chi connectivity index (χ0v) is 20.2. The van der Waals surface area contributed by atoms with Gasteiger partial charge < -0.3 is 4.42 Å². The molecule has 176 valence electrons. The molecule has 7 nitrogen and oxygen atoms in total. The van der Waals surface area contributed by atoms with Crippen LogP contribution >= 0.6 is 0 Å². The lowest BCUT2D eigenvalue weighted by atomic mass is 10.1. The van der Waals surface area contributed by atoms with E-state index in [-0.39, 0.29) is 22.0 Å². The fourth-order valence-electron chi connectivity index (χ4n) is 3.47. The summed E-state index contributed by atoms with van der Waals surface area (Å²) in [6.45, 7) is 6.97. The Kier molecular flexibility index (Phi) is 6.56. The number of hydrogen-bond acceptors (Lipinski definition) is 7. The molecule has 0 atom stereocenters. The van der Waals surface area contributed by atoms with Crippen LogP contribution < -0.4 is 0 Å². The minimum absolute atomic E-state index is 0.0736. The highest BCUT2D eigenvalue weighted by molar-refractivity contribution is 7.92. The summed E-state index contributed by atoms with van der Waals surface area (Å²) < 4.78 is 45.5. The number of aromatic nitrogens is 4. The van der Waals surface area contributed by atoms with Gasteiger partial charge in [-0.3, -0.25) is 4.98 Å². The summed E-state index contributed by atoms with van der Waals surface area (Å²) in [6.07, 6.45) is 3.49. The number of aryl methyl sites for hydroxylation is 2. The zero-order valence-electron chi connectivity index (χ0n) is 19.4. The largest absolute Gasteiger partial charge is 0.415 e. The standard InChI is InChI=1S/C25H25FN4O3S/c1-5-6-17-7-9-18(10-8-17)24-29-30-25(33-24)23-16(4)27-14-22(28-23)20-12-11-19(13-21(20)26)34(31,32)15(2)3/h7-15H,5-6H2,1-4H3. The van der Waals surface area contributed by atoms with Gasteiger partial charge in [0, 0.05) is 11.1 Å². The molecule has 2 heterocycles. The van der Waals surface area contributed by atoms with Crippen LogP contribution in [0.5, 0.6) is 0 Å². The van der Waals surface area contributed by atoms with E-state index in [0.29, 0.717) is 17.3 Å². The van der Waals surface area contributed by atoms with Crippen LogP contribution in [0.15, 0.2) is 58.0 Å². The van der Waals surface area contributed by atoms with Crippen molar-refractivity contribution in [1.29, 1.82) is 0 Å². The third kappa shape index (κ3) is 4.61. The van der Waals surface area contributed by atoms with E-state index in [1.54, 1.807) is 20.8 Å². The molecule has 0 bridgehead atoms. The van der Waals surface area contributed by atoms with Gasteiger partial charge in [-0.05, 0) is 63.1 Å². The first-order valence-corrected chi connectivity index (χ1v) is 12.6. The van der Waals surface area contributed by atoms with Gasteiger partial charge in [-0.15, -0.1) is 10.2 Å². The lowest BCUT2D eigenvalue weighted by Crippen LogP contribution is -2.14. The minimum Gasteiger partial charge on any atom is -0.415 e. The number of rotatable bonds is 7. The topological polar surface area (TPSA) is 98.8 Å². The van der Waals surface area contributed by atoms with Gasteiger partial charge in [0.15, 0.2) is 9.84 Å². The second-order valence-corrected chi connectivity index (χ2v) is 10.8. The summed E-state index contributed by atoms with van der Waals surface area (Å²) in [5.74, 6) is -0.192. The highest BCUT2D eigenvalue weighted by Gasteiger charge is 2.22. The van der Waals surface area contributed by atoms with Crippen molar-refractivity contribution in [3.8, 4) is 34.3 Å². The molecule has 2 aromatic carbocycles. The minimum atomic E-state index is -3.60. The van der Waals surface area contributed by atoms with Gasteiger partial charge in [-0.2, -0.15) is 0 Å². The predicted octanol–water partition coefficient (Wildman–Crippen LogP) is 5.44. The maximum Gasteiger partial charge on any atom is 0.268 e. The van der Waals surface area contributed by atoms with Crippen LogP contribution in [0.2, 0.25) is 0 Å². The van der Waals surface area contributed by atoms with Crippen molar-refractivity contribution in [2.75, 3.05) is 0 Å². The van der Waals surface area contributed by atoms with Crippen molar-refractivity contribution in [3.05, 3.63) is 65.7 Å². The van der Waals surface area contributed by atoms with Crippen LogP contribution in [0, 0.1) is 12.7 Å². The van der Waals surface area contributed by atoms with Crippen LogP contribution in [0.1, 0.15) is 38.4 Å². The van der Waals surface area contributed by atoms with Crippen molar-refractivity contribution in [2.24, 2.45) is 0 Å². The van der Waals surface area contributed by atoms with Crippen molar-refractivity contribution in [3.63, 3.8) is 0 Å². The van der Waals surface area contributed by atoms with E-state index in [0.717, 1.165) is 24.5 Å². The second-order valence-electron chi connectivity index (χ2n) is 8.28. The highest BCUT2D eigenvalue weighted by Crippen LogP contribution is 2.29. The van der Waals surface area contributed by atoms with Crippen molar-refractivity contribution >= 4 is 9.84 Å². The smallest absolute Gasteiger partial charge is 0.268 e. The monoisotopic (exact) mass is 480 g/mol. The van der Waals surface area contributed by atoms with Gasteiger partial charge in [-0.1, -0.05) is 25.5 Å². The molecule has 0 amide bonds. The summed E-state index contributed by atoms with van der Waals surface area (Å²) in [4.78, 5) is 8.74. The molecule has 34 heavy (non-hydrogen) atoms. The number of sulfone groups is 1. The lowest BCUT2D eigenvalue weighted by molar-refractivity contribution is 0.581. The van der Waals surface area contributed by atoms with E-state index in [1.165, 1.54) is 23.9 Å². The van der Waals surface area contributed by atoms with Gasteiger partial charge >= 0.3 is 0 Å². The van der Waals surface area contributed by atoms with E-state index in [9.17, 15) is 12.8 Å². The maximum atomic E-state index is 14.9. The van der Waals surface area contributed by atoms with Crippen LogP contribution in [-0.2, 0) is 16.3 Å². The number of nitrogens with zero attached hydrogens (tertiary/aromatic N) is 4. The summed E-state index contributed by atoms with van der Waals surface area (Å²) in [7, 11) is -3.60. The van der Waals surface area contributed by atoms with Crippen LogP contribution in [0.3, 0.4) is 0 Å². The molecule has 0 unspecified atom stereocenters.